The van der Waals surface area contributed by atoms with Crippen LogP contribution in [-0.2, 0) is 0 Å². The number of benzene rings is 2. The van der Waals surface area contributed by atoms with E-state index in [1.165, 1.54) is 30.5 Å². The molecular formula is C20H17F2N3O. The number of hydrogen-bond donors (Lipinski definition) is 1. The van der Waals surface area contributed by atoms with Gasteiger partial charge in [0.1, 0.15) is 11.6 Å². The number of likely N-dealkylation sites (tertiary alicyclic amines) is 1. The van der Waals surface area contributed by atoms with E-state index >= 15 is 0 Å². The molecule has 0 atom stereocenters. The number of pyridine rings is 1. The lowest BCUT2D eigenvalue weighted by atomic mass is 10.1. The van der Waals surface area contributed by atoms with Crippen LogP contribution >= 0.6 is 0 Å². The van der Waals surface area contributed by atoms with Gasteiger partial charge in [0, 0.05) is 30.4 Å². The van der Waals surface area contributed by atoms with Crippen LogP contribution in [0.5, 0.6) is 0 Å². The largest absolute Gasteiger partial charge is 0.354 e. The van der Waals surface area contributed by atoms with E-state index < -0.39 is 11.6 Å². The second-order valence-electron chi connectivity index (χ2n) is 6.34. The van der Waals surface area contributed by atoms with E-state index in [-0.39, 0.29) is 5.91 Å². The normalized spacial score (nSPS) is 14.0. The molecule has 0 spiro atoms. The van der Waals surface area contributed by atoms with E-state index in [9.17, 15) is 13.6 Å². The first kappa shape index (κ1) is 16.4. The second-order valence-corrected chi connectivity index (χ2v) is 6.34. The van der Waals surface area contributed by atoms with Crippen molar-refractivity contribution in [1.29, 1.82) is 0 Å². The maximum absolute atomic E-state index is 13.8. The van der Waals surface area contributed by atoms with Gasteiger partial charge in [0.15, 0.2) is 0 Å². The van der Waals surface area contributed by atoms with E-state index in [1.807, 2.05) is 0 Å². The molecule has 1 amide bonds. The third kappa shape index (κ3) is 3.10. The number of rotatable bonds is 3. The topological polar surface area (TPSA) is 45.2 Å². The summed E-state index contributed by atoms with van der Waals surface area (Å²) in [6.45, 7) is 1.39. The van der Waals surface area contributed by atoms with E-state index in [2.05, 4.69) is 10.3 Å². The van der Waals surface area contributed by atoms with Gasteiger partial charge < -0.3 is 10.2 Å². The Kier molecular flexibility index (Phi) is 4.24. The molecule has 2 aromatic carbocycles. The Hall–Kier alpha value is -3.02. The Morgan fingerprint density at radius 2 is 1.81 bits per heavy atom. The molecule has 1 N–H and O–H groups in total. The summed E-state index contributed by atoms with van der Waals surface area (Å²) in [6, 6.07) is 10.2. The van der Waals surface area contributed by atoms with Gasteiger partial charge in [-0.05, 0) is 49.2 Å². The fourth-order valence-electron chi connectivity index (χ4n) is 3.26. The van der Waals surface area contributed by atoms with Gasteiger partial charge in [0.05, 0.1) is 16.8 Å². The summed E-state index contributed by atoms with van der Waals surface area (Å²) in [5.74, 6) is -0.973. The van der Waals surface area contributed by atoms with E-state index in [0.717, 1.165) is 12.8 Å². The monoisotopic (exact) mass is 353 g/mol. The van der Waals surface area contributed by atoms with Crippen molar-refractivity contribution < 1.29 is 13.6 Å². The average molecular weight is 353 g/mol. The van der Waals surface area contributed by atoms with Crippen LogP contribution in [-0.4, -0.2) is 28.9 Å². The van der Waals surface area contributed by atoms with Crippen molar-refractivity contribution in [2.75, 3.05) is 18.4 Å². The molecule has 1 aliphatic rings. The fourth-order valence-corrected chi connectivity index (χ4v) is 3.26. The third-order valence-corrected chi connectivity index (χ3v) is 4.55. The quantitative estimate of drug-likeness (QED) is 0.754. The summed E-state index contributed by atoms with van der Waals surface area (Å²) < 4.78 is 27.4. The Bertz CT molecular complexity index is 984. The molecular weight excluding hydrogens is 336 g/mol. The molecule has 132 valence electrons. The van der Waals surface area contributed by atoms with Crippen LogP contribution in [0.1, 0.15) is 23.2 Å². The maximum Gasteiger partial charge on any atom is 0.257 e. The van der Waals surface area contributed by atoms with Crippen molar-refractivity contribution in [2.45, 2.75) is 12.8 Å². The third-order valence-electron chi connectivity index (χ3n) is 4.55. The highest BCUT2D eigenvalue weighted by atomic mass is 19.1. The molecule has 1 fully saturated rings. The first-order valence-corrected chi connectivity index (χ1v) is 8.52. The number of nitrogens with one attached hydrogen (secondary N) is 1. The Labute approximate surface area is 149 Å². The number of hydrogen-bond acceptors (Lipinski definition) is 3. The first-order valence-electron chi connectivity index (χ1n) is 8.52. The SMILES string of the molecule is O=C(c1cnc2ccc(F)cc2c1Nc1cccc(F)c1)N1CCCC1. The second kappa shape index (κ2) is 6.71. The summed E-state index contributed by atoms with van der Waals surface area (Å²) in [7, 11) is 0. The number of aromatic nitrogens is 1. The molecule has 0 radical (unpaired) electrons. The van der Waals surface area contributed by atoms with Crippen LogP contribution < -0.4 is 5.32 Å². The zero-order valence-corrected chi connectivity index (χ0v) is 14.0. The van der Waals surface area contributed by atoms with E-state index in [0.29, 0.717) is 40.9 Å². The minimum atomic E-state index is -0.424. The van der Waals surface area contributed by atoms with Gasteiger partial charge in [-0.3, -0.25) is 9.78 Å². The van der Waals surface area contributed by atoms with Crippen molar-refractivity contribution in [3.63, 3.8) is 0 Å². The number of carbonyl (C=O) groups is 1. The van der Waals surface area contributed by atoms with Crippen LogP contribution in [0.25, 0.3) is 10.9 Å². The van der Waals surface area contributed by atoms with Crippen molar-refractivity contribution in [3.8, 4) is 0 Å². The van der Waals surface area contributed by atoms with Crippen LogP contribution in [0.3, 0.4) is 0 Å². The highest BCUT2D eigenvalue weighted by molar-refractivity contribution is 6.08. The minimum absolute atomic E-state index is 0.153. The zero-order chi connectivity index (χ0) is 18.1. The van der Waals surface area contributed by atoms with E-state index in [4.69, 9.17) is 0 Å². The molecule has 1 aliphatic heterocycles. The average Bonchev–Trinajstić information content (AvgIpc) is 3.16. The molecule has 4 nitrogen and oxygen atoms in total. The predicted octanol–water partition coefficient (Wildman–Crippen LogP) is 4.49. The number of amides is 1. The maximum atomic E-state index is 13.8. The molecule has 26 heavy (non-hydrogen) atoms. The highest BCUT2D eigenvalue weighted by Gasteiger charge is 2.24. The molecule has 0 bridgehead atoms. The molecule has 0 saturated carbocycles. The minimum Gasteiger partial charge on any atom is -0.354 e. The Morgan fingerprint density at radius 1 is 1.04 bits per heavy atom. The van der Waals surface area contributed by atoms with Gasteiger partial charge in [-0.2, -0.15) is 0 Å². The Balaban J connectivity index is 1.86. The first-order chi connectivity index (χ1) is 12.6. The molecule has 2 heterocycles. The van der Waals surface area contributed by atoms with Gasteiger partial charge in [0.25, 0.3) is 5.91 Å². The molecule has 1 aromatic heterocycles. The van der Waals surface area contributed by atoms with Crippen LogP contribution in [0.2, 0.25) is 0 Å². The van der Waals surface area contributed by atoms with Gasteiger partial charge in [-0.25, -0.2) is 8.78 Å². The number of carbonyl (C=O) groups excluding carboxylic acids is 1. The lowest BCUT2D eigenvalue weighted by molar-refractivity contribution is 0.0793. The van der Waals surface area contributed by atoms with Gasteiger partial charge in [-0.15, -0.1) is 0 Å². The smallest absolute Gasteiger partial charge is 0.257 e. The molecule has 3 aromatic rings. The Morgan fingerprint density at radius 3 is 2.58 bits per heavy atom. The fraction of sp³-hybridized carbons (Fsp3) is 0.200. The summed E-state index contributed by atoms with van der Waals surface area (Å²) in [5, 5.41) is 3.58. The van der Waals surface area contributed by atoms with Gasteiger partial charge in [-0.1, -0.05) is 6.07 Å². The van der Waals surface area contributed by atoms with Crippen LogP contribution in [0.15, 0.2) is 48.7 Å². The molecule has 6 heteroatoms. The summed E-state index contributed by atoms with van der Waals surface area (Å²) >= 11 is 0. The van der Waals surface area contributed by atoms with Crippen LogP contribution in [0, 0.1) is 11.6 Å². The number of fused-ring (bicyclic) bond motifs is 1. The summed E-state index contributed by atoms with van der Waals surface area (Å²) in [5.41, 5.74) is 1.84. The van der Waals surface area contributed by atoms with Crippen molar-refractivity contribution in [2.24, 2.45) is 0 Å². The van der Waals surface area contributed by atoms with Crippen molar-refractivity contribution in [1.82, 2.24) is 9.88 Å². The molecule has 0 unspecified atom stereocenters. The zero-order valence-electron chi connectivity index (χ0n) is 14.0. The molecule has 0 aliphatic carbocycles. The van der Waals surface area contributed by atoms with Crippen molar-refractivity contribution >= 4 is 28.2 Å². The van der Waals surface area contributed by atoms with Crippen LogP contribution in [0.4, 0.5) is 20.2 Å². The van der Waals surface area contributed by atoms with Gasteiger partial charge >= 0.3 is 0 Å². The predicted molar refractivity (Wildman–Crippen MR) is 96.5 cm³/mol. The number of nitrogens with zero attached hydrogens (tertiary/aromatic N) is 2. The number of anilines is 2. The highest BCUT2D eigenvalue weighted by Crippen LogP contribution is 2.31. The van der Waals surface area contributed by atoms with E-state index in [1.54, 1.807) is 23.1 Å². The standard InChI is InChI=1S/C20H17F2N3O/c21-13-4-3-5-15(10-13)24-19-16-11-14(22)6-7-18(16)23-12-17(19)20(26)25-8-1-2-9-25/h3-7,10-12H,1-2,8-9H2,(H,23,24). The number of halogens is 2. The lowest BCUT2D eigenvalue weighted by Crippen LogP contribution is -2.28. The van der Waals surface area contributed by atoms with Gasteiger partial charge in [0.2, 0.25) is 0 Å². The summed E-state index contributed by atoms with van der Waals surface area (Å²) in [6.07, 6.45) is 3.44. The summed E-state index contributed by atoms with van der Waals surface area (Å²) in [4.78, 5) is 19.0. The van der Waals surface area contributed by atoms with Crippen molar-refractivity contribution in [3.05, 3.63) is 65.9 Å². The molecule has 4 rings (SSSR count). The lowest BCUT2D eigenvalue weighted by Gasteiger charge is -2.19. The molecule has 1 saturated heterocycles.